The fraction of sp³-hybridized carbons (Fsp3) is 0.200. The van der Waals surface area contributed by atoms with Gasteiger partial charge < -0.3 is 14.6 Å². The van der Waals surface area contributed by atoms with Crippen molar-refractivity contribution in [2.24, 2.45) is 0 Å². The summed E-state index contributed by atoms with van der Waals surface area (Å²) in [5.41, 5.74) is -0.0958. The normalized spacial score (nSPS) is 17.1. The molecule has 0 spiro atoms. The number of sulfonamides is 1. The van der Waals surface area contributed by atoms with Gasteiger partial charge in [0.25, 0.3) is 10.0 Å². The van der Waals surface area contributed by atoms with E-state index in [9.17, 15) is 23.1 Å². The van der Waals surface area contributed by atoms with Crippen molar-refractivity contribution in [3.05, 3.63) is 41.3 Å². The van der Waals surface area contributed by atoms with E-state index in [2.05, 4.69) is 9.46 Å². The highest BCUT2D eigenvalue weighted by Crippen LogP contribution is 2.26. The van der Waals surface area contributed by atoms with Crippen molar-refractivity contribution in [1.82, 2.24) is 0 Å². The highest BCUT2D eigenvalue weighted by molar-refractivity contribution is 7.94. The van der Waals surface area contributed by atoms with E-state index in [1.807, 2.05) is 0 Å². The lowest BCUT2D eigenvalue weighted by Gasteiger charge is -2.11. The van der Waals surface area contributed by atoms with Crippen molar-refractivity contribution >= 4 is 39.0 Å². The number of thiophene rings is 1. The lowest BCUT2D eigenvalue weighted by atomic mass is 10.2. The minimum atomic E-state index is -3.77. The Morgan fingerprint density at radius 1 is 1.36 bits per heavy atom. The number of phenols is 1. The molecule has 0 unspecified atom stereocenters. The molecule has 1 atom stereocenters. The van der Waals surface area contributed by atoms with Crippen LogP contribution in [-0.2, 0) is 24.3 Å². The number of rotatable bonds is 5. The van der Waals surface area contributed by atoms with E-state index in [0.717, 1.165) is 17.4 Å². The third-order valence-electron chi connectivity index (χ3n) is 3.37. The molecule has 0 aliphatic carbocycles. The number of hydrogen-bond donors (Lipinski definition) is 2. The summed E-state index contributed by atoms with van der Waals surface area (Å²) in [5.74, 6) is -2.00. The number of esters is 2. The predicted molar refractivity (Wildman–Crippen MR) is 88.0 cm³/mol. The zero-order chi connectivity index (χ0) is 18.0. The van der Waals surface area contributed by atoms with Crippen LogP contribution in [0.3, 0.4) is 0 Å². The Morgan fingerprint density at radius 3 is 2.76 bits per heavy atom. The third kappa shape index (κ3) is 3.74. The molecule has 10 heteroatoms. The van der Waals surface area contributed by atoms with Crippen molar-refractivity contribution in [2.45, 2.75) is 16.7 Å². The van der Waals surface area contributed by atoms with Crippen molar-refractivity contribution in [2.75, 3.05) is 11.3 Å². The second-order valence-corrected chi connectivity index (χ2v) is 7.98. The fourth-order valence-electron chi connectivity index (χ4n) is 2.17. The molecule has 132 valence electrons. The van der Waals surface area contributed by atoms with Crippen molar-refractivity contribution in [3.8, 4) is 5.75 Å². The van der Waals surface area contributed by atoms with Crippen LogP contribution >= 0.6 is 11.3 Å². The maximum Gasteiger partial charge on any atom is 0.347 e. The number of nitrogens with one attached hydrogen (secondary N) is 1. The van der Waals surface area contributed by atoms with E-state index in [1.54, 1.807) is 11.4 Å². The van der Waals surface area contributed by atoms with Crippen LogP contribution in [0.4, 0.5) is 5.69 Å². The summed E-state index contributed by atoms with van der Waals surface area (Å²) in [4.78, 5) is 23.3. The van der Waals surface area contributed by atoms with E-state index in [-0.39, 0.29) is 28.5 Å². The summed E-state index contributed by atoms with van der Waals surface area (Å²) in [6.07, 6.45) is -0.742. The zero-order valence-corrected chi connectivity index (χ0v) is 14.3. The van der Waals surface area contributed by atoms with Gasteiger partial charge in [-0.1, -0.05) is 6.07 Å². The second kappa shape index (κ2) is 6.73. The molecule has 8 nitrogen and oxygen atoms in total. The van der Waals surface area contributed by atoms with Gasteiger partial charge >= 0.3 is 11.9 Å². The summed E-state index contributed by atoms with van der Waals surface area (Å²) < 4.78 is 36.4. The highest BCUT2D eigenvalue weighted by atomic mass is 32.2. The first kappa shape index (κ1) is 17.2. The predicted octanol–water partition coefficient (Wildman–Crippen LogP) is 1.73. The van der Waals surface area contributed by atoms with Gasteiger partial charge in [-0.05, 0) is 23.6 Å². The van der Waals surface area contributed by atoms with E-state index >= 15 is 0 Å². The Bertz CT molecular complexity index is 906. The first-order chi connectivity index (χ1) is 11.9. The van der Waals surface area contributed by atoms with Crippen LogP contribution in [-0.4, -0.2) is 38.2 Å². The summed E-state index contributed by atoms with van der Waals surface area (Å²) in [6, 6.07) is 6.66. The van der Waals surface area contributed by atoms with E-state index < -0.39 is 33.8 Å². The molecule has 0 saturated carbocycles. The van der Waals surface area contributed by atoms with Gasteiger partial charge in [-0.3, -0.25) is 4.72 Å². The minimum absolute atomic E-state index is 0.0859. The lowest BCUT2D eigenvalue weighted by molar-refractivity contribution is -0.145. The molecule has 0 radical (unpaired) electrons. The molecular weight excluding hydrogens is 370 g/mol. The third-order valence-corrected chi connectivity index (χ3v) is 6.15. The fourth-order valence-corrected chi connectivity index (χ4v) is 4.21. The molecule has 1 saturated heterocycles. The number of aromatic hydroxyl groups is 1. The monoisotopic (exact) mass is 383 g/mol. The maximum absolute atomic E-state index is 12.1. The Labute approximate surface area is 147 Å². The average Bonchev–Trinajstić information content (AvgIpc) is 3.20. The highest BCUT2D eigenvalue weighted by Gasteiger charge is 2.31. The zero-order valence-electron chi connectivity index (χ0n) is 12.7. The van der Waals surface area contributed by atoms with Crippen molar-refractivity contribution in [3.63, 3.8) is 0 Å². The van der Waals surface area contributed by atoms with E-state index in [0.29, 0.717) is 0 Å². The number of anilines is 1. The lowest BCUT2D eigenvalue weighted by Crippen LogP contribution is -2.22. The van der Waals surface area contributed by atoms with Crippen LogP contribution in [0.15, 0.2) is 39.9 Å². The van der Waals surface area contributed by atoms with Crippen LogP contribution < -0.4 is 4.72 Å². The van der Waals surface area contributed by atoms with Gasteiger partial charge in [-0.25, -0.2) is 18.0 Å². The Hall–Kier alpha value is -2.59. The molecule has 0 bridgehead atoms. The van der Waals surface area contributed by atoms with Gasteiger partial charge in [0.05, 0.1) is 12.3 Å². The molecule has 2 heterocycles. The second-order valence-electron chi connectivity index (χ2n) is 5.12. The Kier molecular flexibility index (Phi) is 4.64. The Morgan fingerprint density at radius 2 is 2.16 bits per heavy atom. The SMILES string of the molecule is O=C(O[C@H]1CCOC1=O)c1ccc(NS(=O)(=O)c2cccs2)cc1O. The molecule has 1 fully saturated rings. The minimum Gasteiger partial charge on any atom is -0.507 e. The molecule has 1 aromatic carbocycles. The number of carbonyl (C=O) groups excluding carboxylic acids is 2. The molecule has 25 heavy (non-hydrogen) atoms. The van der Waals surface area contributed by atoms with Gasteiger partial charge in [0.1, 0.15) is 15.5 Å². The molecular formula is C15H13NO7S2. The topological polar surface area (TPSA) is 119 Å². The molecule has 1 aromatic heterocycles. The van der Waals surface area contributed by atoms with Crippen molar-refractivity contribution < 1.29 is 32.6 Å². The van der Waals surface area contributed by atoms with Crippen LogP contribution in [0.5, 0.6) is 5.75 Å². The molecule has 2 aromatic rings. The smallest absolute Gasteiger partial charge is 0.347 e. The van der Waals surface area contributed by atoms with Crippen LogP contribution in [0.25, 0.3) is 0 Å². The first-order valence-electron chi connectivity index (χ1n) is 7.14. The van der Waals surface area contributed by atoms with E-state index in [4.69, 9.17) is 4.74 Å². The van der Waals surface area contributed by atoms with Gasteiger partial charge in [-0.15, -0.1) is 11.3 Å². The van der Waals surface area contributed by atoms with Crippen molar-refractivity contribution in [1.29, 1.82) is 0 Å². The van der Waals surface area contributed by atoms with Crippen LogP contribution in [0.2, 0.25) is 0 Å². The number of phenolic OH excluding ortho intramolecular Hbond substituents is 1. The standard InChI is InChI=1S/C15H13NO7S2/c17-11-8-9(16-25(20,21)13-2-1-7-24-13)3-4-10(11)14(18)23-12-5-6-22-15(12)19/h1-4,7-8,12,16-17H,5-6H2/t12-/m0/s1. The summed E-state index contributed by atoms with van der Waals surface area (Å²) in [7, 11) is -3.77. The van der Waals surface area contributed by atoms with Gasteiger partial charge in [-0.2, -0.15) is 0 Å². The number of benzene rings is 1. The summed E-state index contributed by atoms with van der Waals surface area (Å²) in [5, 5.41) is 11.6. The van der Waals surface area contributed by atoms with Crippen LogP contribution in [0, 0.1) is 0 Å². The maximum atomic E-state index is 12.1. The van der Waals surface area contributed by atoms with Gasteiger partial charge in [0, 0.05) is 12.5 Å². The number of cyclic esters (lactones) is 1. The largest absolute Gasteiger partial charge is 0.507 e. The summed E-state index contributed by atoms with van der Waals surface area (Å²) in [6.45, 7) is 0.173. The molecule has 3 rings (SSSR count). The molecule has 0 amide bonds. The summed E-state index contributed by atoms with van der Waals surface area (Å²) >= 11 is 1.05. The van der Waals surface area contributed by atoms with E-state index in [1.165, 1.54) is 18.2 Å². The number of carbonyl (C=O) groups is 2. The molecule has 1 aliphatic heterocycles. The van der Waals surface area contributed by atoms with Crippen LogP contribution in [0.1, 0.15) is 16.8 Å². The quantitative estimate of drug-likeness (QED) is 0.755. The molecule has 2 N–H and O–H groups in total. The first-order valence-corrected chi connectivity index (χ1v) is 9.50. The molecule has 1 aliphatic rings. The number of ether oxygens (including phenoxy) is 2. The van der Waals surface area contributed by atoms with Gasteiger partial charge in [0.2, 0.25) is 6.10 Å². The van der Waals surface area contributed by atoms with Gasteiger partial charge in [0.15, 0.2) is 0 Å². The Balaban J connectivity index is 1.74. The number of hydrogen-bond acceptors (Lipinski definition) is 8. The average molecular weight is 383 g/mol.